The monoisotopic (exact) mass is 397 g/mol. The third kappa shape index (κ3) is 7.14. The Hall–Kier alpha value is -3.02. The van der Waals surface area contributed by atoms with Gasteiger partial charge < -0.3 is 20.3 Å². The molecular formula is C23H31N3O3. The second-order valence-electron chi connectivity index (χ2n) is 7.19. The summed E-state index contributed by atoms with van der Waals surface area (Å²) in [7, 11) is 0. The van der Waals surface area contributed by atoms with Crippen LogP contribution in [0.15, 0.2) is 48.5 Å². The molecule has 2 amide bonds. The summed E-state index contributed by atoms with van der Waals surface area (Å²) in [6.07, 6.45) is 0. The molecule has 0 aromatic heterocycles. The second kappa shape index (κ2) is 11.1. The zero-order chi connectivity index (χ0) is 21.2. The Kier molecular flexibility index (Phi) is 8.52. The summed E-state index contributed by atoms with van der Waals surface area (Å²) in [4.78, 5) is 26.5. The van der Waals surface area contributed by atoms with Crippen LogP contribution in [0.2, 0.25) is 0 Å². The highest BCUT2D eigenvalue weighted by atomic mass is 16.5. The molecule has 2 N–H and O–H groups in total. The first kappa shape index (κ1) is 22.3. The number of rotatable bonds is 10. The van der Waals surface area contributed by atoms with Crippen molar-refractivity contribution in [3.63, 3.8) is 0 Å². The molecule has 2 aromatic carbocycles. The third-order valence-corrected chi connectivity index (χ3v) is 4.31. The van der Waals surface area contributed by atoms with Gasteiger partial charge in [0.05, 0.1) is 13.2 Å². The van der Waals surface area contributed by atoms with Crippen LogP contribution in [0.4, 0.5) is 11.4 Å². The largest absolute Gasteiger partial charge is 0.493 e. The summed E-state index contributed by atoms with van der Waals surface area (Å²) in [5, 5.41) is 5.93. The van der Waals surface area contributed by atoms with E-state index in [-0.39, 0.29) is 18.4 Å². The van der Waals surface area contributed by atoms with Crippen LogP contribution in [0.25, 0.3) is 0 Å². The van der Waals surface area contributed by atoms with Gasteiger partial charge in [-0.1, -0.05) is 26.0 Å². The van der Waals surface area contributed by atoms with Crippen LogP contribution in [0.1, 0.15) is 38.1 Å². The van der Waals surface area contributed by atoms with Gasteiger partial charge in [-0.05, 0) is 50.1 Å². The van der Waals surface area contributed by atoms with E-state index in [9.17, 15) is 9.59 Å². The standard InChI is InChI=1S/C23H31N3O3/c1-5-26(6-2)23(28)18-9-7-11-20(13-18)25-22(27)15-24-19-10-8-12-21(14-19)29-16-17(3)4/h7-14,17,24H,5-6,15-16H2,1-4H3,(H,25,27). The topological polar surface area (TPSA) is 70.7 Å². The van der Waals surface area contributed by atoms with Gasteiger partial charge in [-0.2, -0.15) is 0 Å². The molecule has 0 bridgehead atoms. The van der Waals surface area contributed by atoms with Gasteiger partial charge in [-0.3, -0.25) is 9.59 Å². The van der Waals surface area contributed by atoms with E-state index in [0.29, 0.717) is 36.9 Å². The van der Waals surface area contributed by atoms with E-state index in [1.54, 1.807) is 29.2 Å². The maximum absolute atomic E-state index is 12.5. The average molecular weight is 398 g/mol. The molecule has 0 aliphatic carbocycles. The maximum atomic E-state index is 12.5. The Bertz CT molecular complexity index is 817. The summed E-state index contributed by atoms with van der Waals surface area (Å²) in [5.41, 5.74) is 1.98. The lowest BCUT2D eigenvalue weighted by Gasteiger charge is -2.19. The number of nitrogens with one attached hydrogen (secondary N) is 2. The number of hydrogen-bond acceptors (Lipinski definition) is 4. The van der Waals surface area contributed by atoms with Crippen molar-refractivity contribution in [3.8, 4) is 5.75 Å². The van der Waals surface area contributed by atoms with Crippen LogP contribution in [0.5, 0.6) is 5.75 Å². The quantitative estimate of drug-likeness (QED) is 0.629. The van der Waals surface area contributed by atoms with Crippen molar-refractivity contribution in [2.45, 2.75) is 27.7 Å². The zero-order valence-electron chi connectivity index (χ0n) is 17.7. The Morgan fingerprint density at radius 3 is 2.38 bits per heavy atom. The smallest absolute Gasteiger partial charge is 0.253 e. The van der Waals surface area contributed by atoms with Crippen molar-refractivity contribution in [2.75, 3.05) is 36.9 Å². The number of amides is 2. The minimum Gasteiger partial charge on any atom is -0.493 e. The van der Waals surface area contributed by atoms with Gasteiger partial charge in [0.15, 0.2) is 0 Å². The predicted molar refractivity (Wildman–Crippen MR) is 118 cm³/mol. The Balaban J connectivity index is 1.92. The highest BCUT2D eigenvalue weighted by Gasteiger charge is 2.13. The molecule has 0 radical (unpaired) electrons. The maximum Gasteiger partial charge on any atom is 0.253 e. The molecule has 2 aromatic rings. The van der Waals surface area contributed by atoms with Gasteiger partial charge in [-0.15, -0.1) is 0 Å². The lowest BCUT2D eigenvalue weighted by atomic mass is 10.1. The van der Waals surface area contributed by atoms with E-state index in [2.05, 4.69) is 24.5 Å². The molecule has 0 saturated carbocycles. The van der Waals surface area contributed by atoms with Crippen LogP contribution >= 0.6 is 0 Å². The van der Waals surface area contributed by atoms with Gasteiger partial charge in [0.25, 0.3) is 5.91 Å². The van der Waals surface area contributed by atoms with Crippen molar-refractivity contribution < 1.29 is 14.3 Å². The Labute approximate surface area is 173 Å². The second-order valence-corrected chi connectivity index (χ2v) is 7.19. The lowest BCUT2D eigenvalue weighted by molar-refractivity contribution is -0.114. The van der Waals surface area contributed by atoms with Crippen LogP contribution in [0, 0.1) is 5.92 Å². The van der Waals surface area contributed by atoms with E-state index >= 15 is 0 Å². The molecule has 0 saturated heterocycles. The normalized spacial score (nSPS) is 10.5. The van der Waals surface area contributed by atoms with E-state index < -0.39 is 0 Å². The highest BCUT2D eigenvalue weighted by Crippen LogP contribution is 2.18. The molecule has 0 atom stereocenters. The fourth-order valence-corrected chi connectivity index (χ4v) is 2.77. The van der Waals surface area contributed by atoms with Gasteiger partial charge in [0, 0.05) is 36.1 Å². The molecule has 0 heterocycles. The zero-order valence-corrected chi connectivity index (χ0v) is 17.7. The summed E-state index contributed by atoms with van der Waals surface area (Å²) in [6.45, 7) is 10.1. The number of ether oxygens (including phenoxy) is 1. The summed E-state index contributed by atoms with van der Waals surface area (Å²) >= 11 is 0. The SMILES string of the molecule is CCN(CC)C(=O)c1cccc(NC(=O)CNc2cccc(OCC(C)C)c2)c1. The highest BCUT2D eigenvalue weighted by molar-refractivity contribution is 5.98. The number of benzene rings is 2. The fourth-order valence-electron chi connectivity index (χ4n) is 2.77. The van der Waals surface area contributed by atoms with Gasteiger partial charge in [0.2, 0.25) is 5.91 Å². The molecular weight excluding hydrogens is 366 g/mol. The minimum atomic E-state index is -0.189. The molecule has 2 rings (SSSR count). The van der Waals surface area contributed by atoms with Gasteiger partial charge >= 0.3 is 0 Å². The fraction of sp³-hybridized carbons (Fsp3) is 0.391. The van der Waals surface area contributed by atoms with Crippen molar-refractivity contribution in [1.29, 1.82) is 0 Å². The minimum absolute atomic E-state index is 0.0394. The van der Waals surface area contributed by atoms with Crippen LogP contribution in [0.3, 0.4) is 0 Å². The number of carbonyl (C=O) groups is 2. The molecule has 0 unspecified atom stereocenters. The molecule has 29 heavy (non-hydrogen) atoms. The van der Waals surface area contributed by atoms with Crippen molar-refractivity contribution in [2.24, 2.45) is 5.92 Å². The third-order valence-electron chi connectivity index (χ3n) is 4.31. The van der Waals surface area contributed by atoms with Crippen molar-refractivity contribution in [1.82, 2.24) is 4.90 Å². The van der Waals surface area contributed by atoms with Gasteiger partial charge in [-0.25, -0.2) is 0 Å². The molecule has 0 fully saturated rings. The molecule has 156 valence electrons. The van der Waals surface area contributed by atoms with Crippen LogP contribution in [-0.2, 0) is 4.79 Å². The van der Waals surface area contributed by atoms with E-state index in [0.717, 1.165) is 11.4 Å². The summed E-state index contributed by atoms with van der Waals surface area (Å²) < 4.78 is 5.71. The van der Waals surface area contributed by atoms with E-state index in [1.807, 2.05) is 38.1 Å². The number of nitrogens with zero attached hydrogens (tertiary/aromatic N) is 1. The van der Waals surface area contributed by atoms with Crippen molar-refractivity contribution >= 4 is 23.2 Å². The molecule has 6 heteroatoms. The van der Waals surface area contributed by atoms with Gasteiger partial charge in [0.1, 0.15) is 5.75 Å². The molecule has 0 aliphatic rings. The molecule has 6 nitrogen and oxygen atoms in total. The first-order valence-corrected chi connectivity index (χ1v) is 10.1. The first-order valence-electron chi connectivity index (χ1n) is 10.1. The van der Waals surface area contributed by atoms with Crippen LogP contribution in [-0.4, -0.2) is 43.0 Å². The summed E-state index contributed by atoms with van der Waals surface area (Å²) in [5.74, 6) is 0.988. The van der Waals surface area contributed by atoms with Crippen molar-refractivity contribution in [3.05, 3.63) is 54.1 Å². The molecule has 0 aliphatic heterocycles. The number of carbonyl (C=O) groups excluding carboxylic acids is 2. The number of anilines is 2. The Morgan fingerprint density at radius 2 is 1.69 bits per heavy atom. The average Bonchev–Trinajstić information content (AvgIpc) is 2.72. The molecule has 0 spiro atoms. The van der Waals surface area contributed by atoms with E-state index in [4.69, 9.17) is 4.74 Å². The van der Waals surface area contributed by atoms with Crippen LogP contribution < -0.4 is 15.4 Å². The lowest BCUT2D eigenvalue weighted by Crippen LogP contribution is -2.30. The number of hydrogen-bond donors (Lipinski definition) is 2. The summed E-state index contributed by atoms with van der Waals surface area (Å²) in [6, 6.07) is 14.6. The van der Waals surface area contributed by atoms with E-state index in [1.165, 1.54) is 0 Å². The predicted octanol–water partition coefficient (Wildman–Crippen LogP) is 4.25. The first-order chi connectivity index (χ1) is 13.9. The Morgan fingerprint density at radius 1 is 1.00 bits per heavy atom.